The van der Waals surface area contributed by atoms with Gasteiger partial charge in [-0.25, -0.2) is 5.01 Å². The monoisotopic (exact) mass is 426 g/mol. The van der Waals surface area contributed by atoms with E-state index in [1.165, 1.54) is 7.11 Å². The highest BCUT2D eigenvalue weighted by atomic mass is 16.5. The quantitative estimate of drug-likeness (QED) is 0.767. The van der Waals surface area contributed by atoms with E-state index in [-0.39, 0.29) is 11.2 Å². The summed E-state index contributed by atoms with van der Waals surface area (Å²) in [6, 6.07) is 5.71. The number of carbonyl (C=O) groups excluding carboxylic acids is 1. The minimum atomic E-state index is -0.658. The van der Waals surface area contributed by atoms with Crippen LogP contribution in [0.4, 0.5) is 0 Å². The zero-order valence-corrected chi connectivity index (χ0v) is 19.2. The van der Waals surface area contributed by atoms with Gasteiger partial charge in [-0.15, -0.1) is 0 Å². The maximum absolute atomic E-state index is 13.5. The molecule has 1 aromatic rings. The van der Waals surface area contributed by atoms with Crippen molar-refractivity contribution in [2.75, 3.05) is 35.4 Å². The Morgan fingerprint density at radius 2 is 1.68 bits per heavy atom. The molecule has 8 nitrogen and oxygen atoms in total. The first-order valence-corrected chi connectivity index (χ1v) is 10.0. The van der Waals surface area contributed by atoms with Gasteiger partial charge in [0, 0.05) is 43.4 Å². The van der Waals surface area contributed by atoms with Gasteiger partial charge in [-0.1, -0.05) is 13.8 Å². The molecule has 0 radical (unpaired) electrons. The standard InChI is InChI=1S/C23H30N4O4/c1-23(2)10-15-21(16(28)11-23)20(14(12-24)22(25)27(15)26(3)4)13-8-18(30-6)19(31-7)9-17(13)29-5/h8-9,20H,10-11,25H2,1-7H3. The molecule has 1 heterocycles. The average molecular weight is 427 g/mol. The van der Waals surface area contributed by atoms with Crippen LogP contribution >= 0.6 is 0 Å². The molecule has 1 aliphatic heterocycles. The average Bonchev–Trinajstić information content (AvgIpc) is 2.70. The maximum Gasteiger partial charge on any atom is 0.164 e. The number of ether oxygens (including phenoxy) is 3. The van der Waals surface area contributed by atoms with Gasteiger partial charge < -0.3 is 19.9 Å². The van der Waals surface area contributed by atoms with Crippen LogP contribution in [0.25, 0.3) is 0 Å². The van der Waals surface area contributed by atoms with Gasteiger partial charge in [0.15, 0.2) is 17.3 Å². The molecule has 0 fully saturated rings. The Morgan fingerprint density at radius 1 is 1.10 bits per heavy atom. The van der Waals surface area contributed by atoms with Crippen molar-refractivity contribution in [2.24, 2.45) is 11.1 Å². The molecule has 0 bridgehead atoms. The normalized spacial score (nSPS) is 20.5. The highest BCUT2D eigenvalue weighted by Crippen LogP contribution is 2.52. The Kier molecular flexibility index (Phi) is 5.92. The van der Waals surface area contributed by atoms with Crippen molar-refractivity contribution < 1.29 is 19.0 Å². The lowest BCUT2D eigenvalue weighted by molar-refractivity contribution is -0.119. The van der Waals surface area contributed by atoms with Crippen molar-refractivity contribution in [2.45, 2.75) is 32.6 Å². The van der Waals surface area contributed by atoms with Gasteiger partial charge in [0.1, 0.15) is 11.6 Å². The fraction of sp³-hybridized carbons (Fsp3) is 0.478. The number of hydrazine groups is 1. The highest BCUT2D eigenvalue weighted by molar-refractivity contribution is 6.00. The number of carbonyl (C=O) groups is 1. The molecule has 1 atom stereocenters. The van der Waals surface area contributed by atoms with Crippen LogP contribution in [0.15, 0.2) is 34.8 Å². The largest absolute Gasteiger partial charge is 0.496 e. The first-order valence-electron chi connectivity index (χ1n) is 10.0. The zero-order valence-electron chi connectivity index (χ0n) is 19.2. The van der Waals surface area contributed by atoms with Crippen LogP contribution in [-0.4, -0.2) is 51.2 Å². The van der Waals surface area contributed by atoms with E-state index in [1.807, 2.05) is 14.1 Å². The number of ketones is 1. The van der Waals surface area contributed by atoms with E-state index < -0.39 is 5.92 Å². The molecule has 0 aromatic heterocycles. The minimum Gasteiger partial charge on any atom is -0.496 e. The highest BCUT2D eigenvalue weighted by Gasteiger charge is 2.45. The third-order valence-electron chi connectivity index (χ3n) is 5.80. The van der Waals surface area contributed by atoms with Crippen molar-refractivity contribution in [3.8, 4) is 23.3 Å². The smallest absolute Gasteiger partial charge is 0.164 e. The Bertz CT molecular complexity index is 1020. The van der Waals surface area contributed by atoms with Crippen molar-refractivity contribution in [1.29, 1.82) is 5.26 Å². The summed E-state index contributed by atoms with van der Waals surface area (Å²) in [5.41, 5.74) is 8.62. The summed E-state index contributed by atoms with van der Waals surface area (Å²) in [4.78, 5) is 13.5. The van der Waals surface area contributed by atoms with E-state index in [0.29, 0.717) is 52.6 Å². The second kappa shape index (κ2) is 8.16. The number of nitrogens with two attached hydrogens (primary N) is 1. The van der Waals surface area contributed by atoms with Gasteiger partial charge in [-0.05, 0) is 17.9 Å². The second-order valence-electron chi connectivity index (χ2n) is 8.75. The van der Waals surface area contributed by atoms with Crippen LogP contribution in [0.5, 0.6) is 17.2 Å². The molecule has 8 heteroatoms. The lowest BCUT2D eigenvalue weighted by Crippen LogP contribution is -2.47. The van der Waals surface area contributed by atoms with Gasteiger partial charge >= 0.3 is 0 Å². The molecular weight excluding hydrogens is 396 g/mol. The predicted octanol–water partition coefficient (Wildman–Crippen LogP) is 2.93. The summed E-state index contributed by atoms with van der Waals surface area (Å²) in [5, 5.41) is 13.7. The lowest BCUT2D eigenvalue weighted by Gasteiger charge is -2.45. The van der Waals surface area contributed by atoms with Crippen molar-refractivity contribution in [3.63, 3.8) is 0 Å². The van der Waals surface area contributed by atoms with E-state index in [1.54, 1.807) is 36.4 Å². The number of rotatable bonds is 5. The predicted molar refractivity (Wildman–Crippen MR) is 116 cm³/mol. The number of benzene rings is 1. The summed E-state index contributed by atoms with van der Waals surface area (Å²) in [6.07, 6.45) is 1.04. The number of nitriles is 1. The Balaban J connectivity index is 2.37. The molecule has 166 valence electrons. The number of hydrogen-bond donors (Lipinski definition) is 1. The lowest BCUT2D eigenvalue weighted by atomic mass is 9.69. The van der Waals surface area contributed by atoms with Gasteiger partial charge in [-0.2, -0.15) is 5.26 Å². The third kappa shape index (κ3) is 3.70. The van der Waals surface area contributed by atoms with E-state index in [9.17, 15) is 10.1 Å². The first kappa shape index (κ1) is 22.5. The SMILES string of the molecule is COc1cc(OC)c(C2C(C#N)=C(N)N(N(C)C)C3=C2C(=O)CC(C)(C)C3)cc1OC. The van der Waals surface area contributed by atoms with E-state index in [4.69, 9.17) is 19.9 Å². The molecule has 2 aliphatic rings. The molecule has 0 saturated heterocycles. The number of Topliss-reactive ketones (excluding diaryl/α,β-unsaturated/α-hetero) is 1. The molecule has 0 amide bonds. The molecule has 2 N–H and O–H groups in total. The molecule has 1 aliphatic carbocycles. The molecular formula is C23H30N4O4. The van der Waals surface area contributed by atoms with Crippen molar-refractivity contribution >= 4 is 5.78 Å². The van der Waals surface area contributed by atoms with Crippen LogP contribution in [0.2, 0.25) is 0 Å². The maximum atomic E-state index is 13.5. The molecule has 1 unspecified atom stereocenters. The van der Waals surface area contributed by atoms with E-state index in [0.717, 1.165) is 5.70 Å². The number of allylic oxidation sites excluding steroid dienone is 3. The number of methoxy groups -OCH3 is 3. The zero-order chi connectivity index (χ0) is 23.1. The van der Waals surface area contributed by atoms with Gasteiger partial charge in [0.2, 0.25) is 0 Å². The molecule has 0 spiro atoms. The summed E-state index contributed by atoms with van der Waals surface area (Å²) >= 11 is 0. The second-order valence-corrected chi connectivity index (χ2v) is 8.75. The van der Waals surface area contributed by atoms with Crippen LogP contribution < -0.4 is 19.9 Å². The summed E-state index contributed by atoms with van der Waals surface area (Å²) in [5.74, 6) is 1.11. The molecule has 3 rings (SSSR count). The summed E-state index contributed by atoms with van der Waals surface area (Å²) in [6.45, 7) is 4.13. The Labute approximate surface area is 183 Å². The van der Waals surface area contributed by atoms with Gasteiger partial charge in [0.25, 0.3) is 0 Å². The molecule has 0 saturated carbocycles. The topological polar surface area (TPSA) is 101 Å². The van der Waals surface area contributed by atoms with E-state index >= 15 is 0 Å². The molecule has 31 heavy (non-hydrogen) atoms. The molecule has 1 aromatic carbocycles. The number of nitrogens with zero attached hydrogens (tertiary/aromatic N) is 3. The van der Waals surface area contributed by atoms with Crippen molar-refractivity contribution in [1.82, 2.24) is 10.0 Å². The fourth-order valence-corrected chi connectivity index (χ4v) is 4.54. The number of hydrogen-bond acceptors (Lipinski definition) is 8. The summed E-state index contributed by atoms with van der Waals surface area (Å²) < 4.78 is 16.5. The van der Waals surface area contributed by atoms with Crippen LogP contribution in [0.1, 0.15) is 38.2 Å². The Morgan fingerprint density at radius 3 is 2.19 bits per heavy atom. The summed E-state index contributed by atoms with van der Waals surface area (Å²) in [7, 11) is 8.31. The first-order chi connectivity index (χ1) is 14.6. The van der Waals surface area contributed by atoms with E-state index in [2.05, 4.69) is 19.9 Å². The van der Waals surface area contributed by atoms with Crippen LogP contribution in [0.3, 0.4) is 0 Å². The third-order valence-corrected chi connectivity index (χ3v) is 5.80. The van der Waals surface area contributed by atoms with Gasteiger partial charge in [-0.3, -0.25) is 9.80 Å². The van der Waals surface area contributed by atoms with Crippen LogP contribution in [-0.2, 0) is 4.79 Å². The fourth-order valence-electron chi connectivity index (χ4n) is 4.54. The Hall–Kier alpha value is -3.18. The van der Waals surface area contributed by atoms with Crippen molar-refractivity contribution in [3.05, 3.63) is 40.4 Å². The van der Waals surface area contributed by atoms with Gasteiger partial charge in [0.05, 0.1) is 38.9 Å². The van der Waals surface area contributed by atoms with Crippen LogP contribution in [0, 0.1) is 16.7 Å². The minimum absolute atomic E-state index is 0.000174.